The van der Waals surface area contributed by atoms with Crippen molar-refractivity contribution in [2.75, 3.05) is 19.8 Å². The number of carbonyl (C=O) groups is 1. The van der Waals surface area contributed by atoms with Crippen molar-refractivity contribution < 1.29 is 9.53 Å². The highest BCUT2D eigenvalue weighted by molar-refractivity contribution is 5.93. The highest BCUT2D eigenvalue weighted by atomic mass is 16.5. The van der Waals surface area contributed by atoms with Crippen LogP contribution >= 0.6 is 0 Å². The third kappa shape index (κ3) is 2.98. The van der Waals surface area contributed by atoms with Crippen molar-refractivity contribution >= 4 is 16.8 Å². The van der Waals surface area contributed by atoms with E-state index in [0.717, 1.165) is 29.6 Å². The molecular weight excluding hydrogens is 318 g/mol. The fourth-order valence-corrected chi connectivity index (χ4v) is 3.09. The standard InChI is InChI=1S/C18H19N5O2/c1-12-16(18(24)20-10-13-7-9-25-11-13)21-22-23(12)15-6-2-4-14-5-3-8-19-17(14)15/h2-6,8,13H,7,9-11H2,1H3,(H,20,24). The number of amides is 1. The van der Waals surface area contributed by atoms with Gasteiger partial charge in [0.05, 0.1) is 23.5 Å². The van der Waals surface area contributed by atoms with Gasteiger partial charge in [0.25, 0.3) is 5.91 Å². The summed E-state index contributed by atoms with van der Waals surface area (Å²) < 4.78 is 7.00. The van der Waals surface area contributed by atoms with Gasteiger partial charge in [-0.05, 0) is 25.5 Å². The second-order valence-electron chi connectivity index (χ2n) is 6.23. The molecule has 0 saturated carbocycles. The van der Waals surface area contributed by atoms with Crippen molar-refractivity contribution in [2.24, 2.45) is 5.92 Å². The lowest BCUT2D eigenvalue weighted by atomic mass is 10.1. The molecule has 1 saturated heterocycles. The largest absolute Gasteiger partial charge is 0.381 e. The zero-order chi connectivity index (χ0) is 17.2. The van der Waals surface area contributed by atoms with E-state index in [1.54, 1.807) is 10.9 Å². The Kier molecular flexibility index (Phi) is 4.15. The monoisotopic (exact) mass is 337 g/mol. The molecular formula is C18H19N5O2. The highest BCUT2D eigenvalue weighted by Crippen LogP contribution is 2.21. The SMILES string of the molecule is Cc1c(C(=O)NCC2CCOC2)nnn1-c1cccc2cccnc12. The van der Waals surface area contributed by atoms with E-state index in [2.05, 4.69) is 20.6 Å². The van der Waals surface area contributed by atoms with Crippen molar-refractivity contribution in [3.8, 4) is 5.69 Å². The normalized spacial score (nSPS) is 17.1. The number of hydrogen-bond acceptors (Lipinski definition) is 5. The molecule has 128 valence electrons. The third-order valence-corrected chi connectivity index (χ3v) is 4.52. The molecule has 4 rings (SSSR count). The molecule has 0 bridgehead atoms. The van der Waals surface area contributed by atoms with Crippen molar-refractivity contribution in [1.82, 2.24) is 25.3 Å². The minimum atomic E-state index is -0.205. The molecule has 1 aromatic carbocycles. The zero-order valence-corrected chi connectivity index (χ0v) is 14.0. The minimum Gasteiger partial charge on any atom is -0.381 e. The molecule has 1 fully saturated rings. The number of nitrogens with one attached hydrogen (secondary N) is 1. The number of aromatic nitrogens is 4. The van der Waals surface area contributed by atoms with Crippen LogP contribution < -0.4 is 5.32 Å². The molecule has 0 aliphatic carbocycles. The Morgan fingerprint density at radius 3 is 3.08 bits per heavy atom. The zero-order valence-electron chi connectivity index (χ0n) is 14.0. The van der Waals surface area contributed by atoms with Crippen LogP contribution in [0.1, 0.15) is 22.6 Å². The Morgan fingerprint density at radius 1 is 1.36 bits per heavy atom. The number of pyridine rings is 1. The third-order valence-electron chi connectivity index (χ3n) is 4.52. The van der Waals surface area contributed by atoms with Gasteiger partial charge >= 0.3 is 0 Å². The van der Waals surface area contributed by atoms with Gasteiger partial charge in [0, 0.05) is 30.7 Å². The maximum Gasteiger partial charge on any atom is 0.273 e. The molecule has 1 aliphatic heterocycles. The molecule has 25 heavy (non-hydrogen) atoms. The van der Waals surface area contributed by atoms with Gasteiger partial charge in [-0.3, -0.25) is 9.78 Å². The lowest BCUT2D eigenvalue weighted by Gasteiger charge is -2.09. The van der Waals surface area contributed by atoms with Crippen LogP contribution in [0.2, 0.25) is 0 Å². The van der Waals surface area contributed by atoms with Crippen molar-refractivity contribution in [1.29, 1.82) is 0 Å². The van der Waals surface area contributed by atoms with E-state index < -0.39 is 0 Å². The molecule has 2 aromatic heterocycles. The van der Waals surface area contributed by atoms with Gasteiger partial charge < -0.3 is 10.1 Å². The summed E-state index contributed by atoms with van der Waals surface area (Å²) in [7, 11) is 0. The van der Waals surface area contributed by atoms with E-state index in [4.69, 9.17) is 4.74 Å². The Balaban J connectivity index is 1.61. The van der Waals surface area contributed by atoms with Crippen LogP contribution in [0.15, 0.2) is 36.5 Å². The predicted octanol–water partition coefficient (Wildman–Crippen LogP) is 1.89. The Morgan fingerprint density at radius 2 is 2.24 bits per heavy atom. The number of ether oxygens (including phenoxy) is 1. The summed E-state index contributed by atoms with van der Waals surface area (Å²) in [5, 5.41) is 12.2. The average molecular weight is 337 g/mol. The van der Waals surface area contributed by atoms with Gasteiger partial charge in [0.1, 0.15) is 0 Å². The summed E-state index contributed by atoms with van der Waals surface area (Å²) in [5.41, 5.74) is 2.67. The quantitative estimate of drug-likeness (QED) is 0.786. The fraction of sp³-hybridized carbons (Fsp3) is 0.333. The lowest BCUT2D eigenvalue weighted by molar-refractivity contribution is 0.0939. The minimum absolute atomic E-state index is 0.205. The fourth-order valence-electron chi connectivity index (χ4n) is 3.09. The highest BCUT2D eigenvalue weighted by Gasteiger charge is 2.21. The van der Waals surface area contributed by atoms with Crippen LogP contribution in [0.3, 0.4) is 0 Å². The molecule has 0 radical (unpaired) electrons. The number of nitrogens with zero attached hydrogens (tertiary/aromatic N) is 4. The number of hydrogen-bond donors (Lipinski definition) is 1. The van der Waals surface area contributed by atoms with Crippen LogP contribution in [0, 0.1) is 12.8 Å². The maximum absolute atomic E-state index is 12.4. The van der Waals surface area contributed by atoms with E-state index in [9.17, 15) is 4.79 Å². The summed E-state index contributed by atoms with van der Waals surface area (Å²) in [6, 6.07) is 9.76. The number of rotatable bonds is 4. The predicted molar refractivity (Wildman–Crippen MR) is 92.7 cm³/mol. The van der Waals surface area contributed by atoms with E-state index >= 15 is 0 Å². The van der Waals surface area contributed by atoms with Crippen LogP contribution in [-0.2, 0) is 4.74 Å². The molecule has 1 unspecified atom stereocenters. The summed E-state index contributed by atoms with van der Waals surface area (Å²) >= 11 is 0. The second kappa shape index (κ2) is 6.60. The van der Waals surface area contributed by atoms with E-state index in [-0.39, 0.29) is 5.91 Å². The van der Waals surface area contributed by atoms with Crippen molar-refractivity contribution in [3.05, 3.63) is 47.9 Å². The first kappa shape index (κ1) is 15.7. The molecule has 7 nitrogen and oxygen atoms in total. The van der Waals surface area contributed by atoms with Crippen LogP contribution in [0.5, 0.6) is 0 Å². The number of fused-ring (bicyclic) bond motifs is 1. The smallest absolute Gasteiger partial charge is 0.273 e. The number of para-hydroxylation sites is 1. The second-order valence-corrected chi connectivity index (χ2v) is 6.23. The topological polar surface area (TPSA) is 81.9 Å². The van der Waals surface area contributed by atoms with E-state index in [1.807, 2.05) is 37.3 Å². The molecule has 0 spiro atoms. The Hall–Kier alpha value is -2.80. The summed E-state index contributed by atoms with van der Waals surface area (Å²) in [6.45, 7) is 3.91. The van der Waals surface area contributed by atoms with Gasteiger partial charge in [-0.1, -0.05) is 23.4 Å². The average Bonchev–Trinajstić information content (AvgIpc) is 3.29. The first-order chi connectivity index (χ1) is 12.2. The molecule has 1 amide bonds. The van der Waals surface area contributed by atoms with Gasteiger partial charge in [0.15, 0.2) is 5.69 Å². The van der Waals surface area contributed by atoms with Crippen LogP contribution in [0.4, 0.5) is 0 Å². The van der Waals surface area contributed by atoms with Gasteiger partial charge in [-0.15, -0.1) is 5.10 Å². The first-order valence-electron chi connectivity index (χ1n) is 8.36. The first-order valence-corrected chi connectivity index (χ1v) is 8.36. The van der Waals surface area contributed by atoms with Crippen molar-refractivity contribution in [3.63, 3.8) is 0 Å². The van der Waals surface area contributed by atoms with Gasteiger partial charge in [-0.2, -0.15) is 0 Å². The van der Waals surface area contributed by atoms with Crippen LogP contribution in [-0.4, -0.2) is 45.6 Å². The van der Waals surface area contributed by atoms with Gasteiger partial charge in [0.2, 0.25) is 0 Å². The molecule has 1 atom stereocenters. The molecule has 3 aromatic rings. The molecule has 1 aliphatic rings. The lowest BCUT2D eigenvalue weighted by Crippen LogP contribution is -2.30. The summed E-state index contributed by atoms with van der Waals surface area (Å²) in [4.78, 5) is 16.9. The van der Waals surface area contributed by atoms with Crippen molar-refractivity contribution in [2.45, 2.75) is 13.3 Å². The Bertz CT molecular complexity index is 909. The molecule has 7 heteroatoms. The molecule has 1 N–H and O–H groups in total. The van der Waals surface area contributed by atoms with E-state index in [0.29, 0.717) is 30.5 Å². The van der Waals surface area contributed by atoms with E-state index in [1.165, 1.54) is 0 Å². The maximum atomic E-state index is 12.4. The van der Waals surface area contributed by atoms with Crippen LogP contribution in [0.25, 0.3) is 16.6 Å². The summed E-state index contributed by atoms with van der Waals surface area (Å²) in [5.74, 6) is 0.172. The number of carbonyl (C=O) groups excluding carboxylic acids is 1. The number of benzene rings is 1. The Labute approximate surface area is 145 Å². The molecule has 3 heterocycles. The van der Waals surface area contributed by atoms with Gasteiger partial charge in [-0.25, -0.2) is 4.68 Å². The summed E-state index contributed by atoms with van der Waals surface area (Å²) in [6.07, 6.45) is 2.73.